The molecule has 0 fully saturated rings. The fourth-order valence-electron chi connectivity index (χ4n) is 3.37. The molecule has 1 aliphatic carbocycles. The Labute approximate surface area is 130 Å². The summed E-state index contributed by atoms with van der Waals surface area (Å²) in [6, 6.07) is 18.8. The summed E-state index contributed by atoms with van der Waals surface area (Å²) in [5, 5.41) is 2.39. The second-order valence-electron chi connectivity index (χ2n) is 5.73. The van der Waals surface area contributed by atoms with Crippen molar-refractivity contribution in [2.75, 3.05) is 0 Å². The van der Waals surface area contributed by atoms with Crippen molar-refractivity contribution >= 4 is 16.3 Å². The Kier molecular flexibility index (Phi) is 3.19. The molecule has 0 N–H and O–H groups in total. The quantitative estimate of drug-likeness (QED) is 0.556. The van der Waals surface area contributed by atoms with Crippen molar-refractivity contribution in [1.82, 2.24) is 0 Å². The Bertz CT molecular complexity index is 865. The zero-order valence-corrected chi connectivity index (χ0v) is 12.5. The molecule has 1 heteroatoms. The van der Waals surface area contributed by atoms with E-state index in [4.69, 9.17) is 4.42 Å². The maximum Gasteiger partial charge on any atom is 0.142 e. The first kappa shape index (κ1) is 13.1. The van der Waals surface area contributed by atoms with E-state index in [1.54, 1.807) is 0 Å². The molecule has 0 radical (unpaired) electrons. The minimum absolute atomic E-state index is 0.967. The lowest BCUT2D eigenvalue weighted by Crippen LogP contribution is -1.80. The molecule has 1 aromatic heterocycles. The standard InChI is InChI=1S/C21H18O/c1-2-15-11-8-14-17(15)21-19-13-7-6-12-18(19)20(22-21)16-9-4-3-5-10-16/h2-7,9-10,12-13H,1,8,11,14H2. The molecule has 0 bridgehead atoms. The molecule has 0 spiro atoms. The summed E-state index contributed by atoms with van der Waals surface area (Å²) >= 11 is 0. The average molecular weight is 286 g/mol. The summed E-state index contributed by atoms with van der Waals surface area (Å²) in [6.07, 6.45) is 5.36. The largest absolute Gasteiger partial charge is 0.455 e. The van der Waals surface area contributed by atoms with E-state index in [9.17, 15) is 0 Å². The van der Waals surface area contributed by atoms with Gasteiger partial charge in [-0.1, -0.05) is 67.3 Å². The van der Waals surface area contributed by atoms with Crippen LogP contribution in [0, 0.1) is 0 Å². The first-order valence-electron chi connectivity index (χ1n) is 7.80. The minimum Gasteiger partial charge on any atom is -0.455 e. The summed E-state index contributed by atoms with van der Waals surface area (Å²) in [6.45, 7) is 3.96. The molecule has 108 valence electrons. The smallest absolute Gasteiger partial charge is 0.142 e. The fourth-order valence-corrected chi connectivity index (χ4v) is 3.37. The Morgan fingerprint density at radius 3 is 2.23 bits per heavy atom. The first-order chi connectivity index (χ1) is 10.9. The van der Waals surface area contributed by atoms with Crippen LogP contribution in [0.4, 0.5) is 0 Å². The van der Waals surface area contributed by atoms with Crippen LogP contribution in [0.2, 0.25) is 0 Å². The van der Waals surface area contributed by atoms with Crippen LogP contribution in [0.15, 0.2) is 77.2 Å². The lowest BCUT2D eigenvalue weighted by Gasteiger charge is -2.01. The van der Waals surface area contributed by atoms with Gasteiger partial charge in [-0.05, 0) is 30.4 Å². The Morgan fingerprint density at radius 1 is 0.818 bits per heavy atom. The van der Waals surface area contributed by atoms with Crippen LogP contribution < -0.4 is 0 Å². The van der Waals surface area contributed by atoms with E-state index in [2.05, 4.69) is 55.1 Å². The molecule has 1 nitrogen and oxygen atoms in total. The summed E-state index contributed by atoms with van der Waals surface area (Å²) < 4.78 is 6.36. The molecular weight excluding hydrogens is 268 g/mol. The zero-order chi connectivity index (χ0) is 14.9. The Balaban J connectivity index is 2.00. The van der Waals surface area contributed by atoms with Gasteiger partial charge in [0, 0.05) is 16.3 Å². The molecule has 22 heavy (non-hydrogen) atoms. The first-order valence-corrected chi connectivity index (χ1v) is 7.80. The monoisotopic (exact) mass is 286 g/mol. The van der Waals surface area contributed by atoms with Crippen LogP contribution >= 0.6 is 0 Å². The maximum absolute atomic E-state index is 6.36. The summed E-state index contributed by atoms with van der Waals surface area (Å²) in [4.78, 5) is 0. The third-order valence-corrected chi connectivity index (χ3v) is 4.44. The fraction of sp³-hybridized carbons (Fsp3) is 0.143. The van der Waals surface area contributed by atoms with Gasteiger partial charge in [0.1, 0.15) is 11.5 Å². The van der Waals surface area contributed by atoms with E-state index in [0.717, 1.165) is 29.9 Å². The molecule has 0 saturated heterocycles. The van der Waals surface area contributed by atoms with Gasteiger partial charge in [-0.15, -0.1) is 0 Å². The van der Waals surface area contributed by atoms with Crippen LogP contribution in [0.25, 0.3) is 27.7 Å². The maximum atomic E-state index is 6.36. The van der Waals surface area contributed by atoms with Crippen molar-refractivity contribution in [1.29, 1.82) is 0 Å². The molecular formula is C21H18O. The van der Waals surface area contributed by atoms with Gasteiger partial charge in [-0.25, -0.2) is 0 Å². The second kappa shape index (κ2) is 5.34. The number of furan rings is 1. The van der Waals surface area contributed by atoms with E-state index >= 15 is 0 Å². The molecule has 0 atom stereocenters. The second-order valence-corrected chi connectivity index (χ2v) is 5.73. The lowest BCUT2D eigenvalue weighted by molar-refractivity contribution is 0.570. The molecule has 1 heterocycles. The van der Waals surface area contributed by atoms with Crippen molar-refractivity contribution in [3.05, 3.63) is 78.6 Å². The van der Waals surface area contributed by atoms with Gasteiger partial charge in [0.2, 0.25) is 0 Å². The molecule has 4 rings (SSSR count). The van der Waals surface area contributed by atoms with Gasteiger partial charge in [-0.3, -0.25) is 0 Å². The molecule has 0 aliphatic heterocycles. The predicted molar refractivity (Wildman–Crippen MR) is 92.6 cm³/mol. The molecule has 1 aliphatic rings. The summed E-state index contributed by atoms with van der Waals surface area (Å²) in [7, 11) is 0. The van der Waals surface area contributed by atoms with E-state index in [1.165, 1.54) is 28.3 Å². The summed E-state index contributed by atoms with van der Waals surface area (Å²) in [5.41, 5.74) is 3.79. The van der Waals surface area contributed by atoms with Crippen molar-refractivity contribution in [3.8, 4) is 11.3 Å². The topological polar surface area (TPSA) is 13.1 Å². The summed E-state index contributed by atoms with van der Waals surface area (Å²) in [5.74, 6) is 2.00. The molecule has 0 amide bonds. The molecule has 2 aromatic carbocycles. The van der Waals surface area contributed by atoms with Crippen LogP contribution in [-0.4, -0.2) is 0 Å². The number of benzene rings is 2. The van der Waals surface area contributed by atoms with Gasteiger partial charge in [0.15, 0.2) is 0 Å². The minimum atomic E-state index is 0.967. The van der Waals surface area contributed by atoms with Crippen LogP contribution in [0.1, 0.15) is 25.0 Å². The number of fused-ring (bicyclic) bond motifs is 1. The highest BCUT2D eigenvalue weighted by molar-refractivity contribution is 6.01. The average Bonchev–Trinajstić information content (AvgIpc) is 3.19. The Hall–Kier alpha value is -2.54. The van der Waals surface area contributed by atoms with E-state index in [0.29, 0.717) is 0 Å². The molecule has 0 saturated carbocycles. The van der Waals surface area contributed by atoms with Crippen molar-refractivity contribution in [2.45, 2.75) is 19.3 Å². The number of hydrogen-bond donors (Lipinski definition) is 0. The highest BCUT2D eigenvalue weighted by Crippen LogP contribution is 2.42. The number of hydrogen-bond acceptors (Lipinski definition) is 1. The normalized spacial score (nSPS) is 14.7. The van der Waals surface area contributed by atoms with Crippen molar-refractivity contribution in [3.63, 3.8) is 0 Å². The lowest BCUT2D eigenvalue weighted by atomic mass is 10.0. The van der Waals surface area contributed by atoms with E-state index < -0.39 is 0 Å². The third-order valence-electron chi connectivity index (χ3n) is 4.44. The van der Waals surface area contributed by atoms with Crippen molar-refractivity contribution in [2.24, 2.45) is 0 Å². The molecule has 3 aromatic rings. The molecule has 0 unspecified atom stereocenters. The van der Waals surface area contributed by atoms with Crippen LogP contribution in [0.5, 0.6) is 0 Å². The number of allylic oxidation sites excluding steroid dienone is 3. The number of rotatable bonds is 3. The van der Waals surface area contributed by atoms with E-state index in [-0.39, 0.29) is 0 Å². The SMILES string of the molecule is C=CC1=C(c2oc(-c3ccccc3)c3ccccc23)CCC1. The zero-order valence-electron chi connectivity index (χ0n) is 12.5. The van der Waals surface area contributed by atoms with Crippen molar-refractivity contribution < 1.29 is 4.42 Å². The van der Waals surface area contributed by atoms with Crippen LogP contribution in [-0.2, 0) is 0 Å². The van der Waals surface area contributed by atoms with Gasteiger partial charge in [0.05, 0.1) is 0 Å². The van der Waals surface area contributed by atoms with Gasteiger partial charge < -0.3 is 4.42 Å². The highest BCUT2D eigenvalue weighted by Gasteiger charge is 2.22. The predicted octanol–water partition coefficient (Wildman–Crippen LogP) is 6.22. The highest BCUT2D eigenvalue weighted by atomic mass is 16.3. The Morgan fingerprint density at radius 2 is 1.50 bits per heavy atom. The van der Waals surface area contributed by atoms with Gasteiger partial charge >= 0.3 is 0 Å². The third kappa shape index (κ3) is 2.01. The van der Waals surface area contributed by atoms with Gasteiger partial charge in [0.25, 0.3) is 0 Å². The van der Waals surface area contributed by atoms with Gasteiger partial charge in [-0.2, -0.15) is 0 Å². The van der Waals surface area contributed by atoms with E-state index in [1.807, 2.05) is 12.1 Å². The van der Waals surface area contributed by atoms with Crippen LogP contribution in [0.3, 0.4) is 0 Å².